The van der Waals surface area contributed by atoms with Gasteiger partial charge in [0.15, 0.2) is 0 Å². The lowest BCUT2D eigenvalue weighted by Crippen LogP contribution is -2.37. The van der Waals surface area contributed by atoms with Gasteiger partial charge in [0.1, 0.15) is 0 Å². The normalized spacial score (nSPS) is 14.9. The average molecular weight is 279 g/mol. The first kappa shape index (κ1) is 16.5. The molecule has 0 heterocycles. The number of hydrogen-bond donors (Lipinski definition) is 3. The first-order valence-corrected chi connectivity index (χ1v) is 5.60. The van der Waals surface area contributed by atoms with Gasteiger partial charge in [0.2, 0.25) is 0 Å². The van der Waals surface area contributed by atoms with E-state index in [2.05, 4.69) is 0 Å². The van der Waals surface area contributed by atoms with Crippen LogP contribution in [0.4, 0.5) is 5.69 Å². The summed E-state index contributed by atoms with van der Waals surface area (Å²) in [6.45, 7) is 5.79. The number of nitrogens with two attached hydrogens (primary N) is 2. The number of benzene rings is 1. The van der Waals surface area contributed by atoms with E-state index in [1.54, 1.807) is 18.2 Å². The molecule has 1 aromatic carbocycles. The number of aliphatic hydroxyl groups excluding tert-OH is 1. The third kappa shape index (κ3) is 4.03. The Balaban J connectivity index is 0.00000256. The van der Waals surface area contributed by atoms with E-state index in [4.69, 9.17) is 23.1 Å². The molecule has 0 unspecified atom stereocenters. The summed E-state index contributed by atoms with van der Waals surface area (Å²) in [4.78, 5) is 0. The van der Waals surface area contributed by atoms with E-state index in [1.165, 1.54) is 0 Å². The van der Waals surface area contributed by atoms with Crippen molar-refractivity contribution in [3.8, 4) is 0 Å². The van der Waals surface area contributed by atoms with Crippen LogP contribution in [0.2, 0.25) is 5.02 Å². The van der Waals surface area contributed by atoms with Crippen molar-refractivity contribution >= 4 is 29.7 Å². The highest BCUT2D eigenvalue weighted by Crippen LogP contribution is 2.32. The second-order valence-electron chi connectivity index (χ2n) is 5.11. The number of rotatable bonds is 2. The molecule has 5 N–H and O–H groups in total. The number of anilines is 1. The molecule has 0 bridgehead atoms. The van der Waals surface area contributed by atoms with Gasteiger partial charge in [-0.05, 0) is 29.2 Å². The highest BCUT2D eigenvalue weighted by molar-refractivity contribution is 6.30. The second kappa shape index (κ2) is 5.91. The van der Waals surface area contributed by atoms with E-state index in [1.807, 2.05) is 20.8 Å². The van der Waals surface area contributed by atoms with Gasteiger partial charge in [-0.1, -0.05) is 32.4 Å². The van der Waals surface area contributed by atoms with Gasteiger partial charge in [-0.15, -0.1) is 12.4 Å². The monoisotopic (exact) mass is 278 g/mol. The summed E-state index contributed by atoms with van der Waals surface area (Å²) in [5.74, 6) is 0. The molecule has 3 nitrogen and oxygen atoms in total. The van der Waals surface area contributed by atoms with E-state index in [9.17, 15) is 5.11 Å². The molecule has 0 aliphatic rings. The van der Waals surface area contributed by atoms with Gasteiger partial charge in [-0.25, -0.2) is 0 Å². The Morgan fingerprint density at radius 1 is 1.29 bits per heavy atom. The number of nitrogen functional groups attached to an aromatic ring is 1. The van der Waals surface area contributed by atoms with Crippen LogP contribution in [0.3, 0.4) is 0 Å². The average Bonchev–Trinajstić information content (AvgIpc) is 2.18. The Hall–Kier alpha value is -0.480. The van der Waals surface area contributed by atoms with Crippen LogP contribution in [0.25, 0.3) is 0 Å². The Morgan fingerprint density at radius 3 is 2.29 bits per heavy atom. The fraction of sp³-hybridized carbons (Fsp3) is 0.500. The predicted octanol–water partition coefficient (Wildman–Crippen LogP) is 2.75. The SMILES string of the molecule is CC(C)(C)[C@H](O)[C@H](N)c1cc(Cl)ccc1N.Cl. The van der Waals surface area contributed by atoms with Gasteiger partial charge < -0.3 is 16.6 Å². The number of hydrogen-bond acceptors (Lipinski definition) is 3. The molecule has 0 aliphatic heterocycles. The van der Waals surface area contributed by atoms with Crippen LogP contribution >= 0.6 is 24.0 Å². The smallest absolute Gasteiger partial charge is 0.0781 e. The minimum Gasteiger partial charge on any atom is -0.398 e. The largest absolute Gasteiger partial charge is 0.398 e. The Labute approximate surface area is 114 Å². The molecule has 17 heavy (non-hydrogen) atoms. The minimum absolute atomic E-state index is 0. The van der Waals surface area contributed by atoms with Crippen LogP contribution in [0, 0.1) is 5.41 Å². The molecule has 1 rings (SSSR count). The van der Waals surface area contributed by atoms with Crippen LogP contribution in [-0.2, 0) is 0 Å². The van der Waals surface area contributed by atoms with Crippen molar-refractivity contribution < 1.29 is 5.11 Å². The summed E-state index contributed by atoms with van der Waals surface area (Å²) in [7, 11) is 0. The molecule has 5 heteroatoms. The summed E-state index contributed by atoms with van der Waals surface area (Å²) in [5.41, 5.74) is 12.8. The molecular weight excluding hydrogens is 259 g/mol. The van der Waals surface area contributed by atoms with Crippen LogP contribution < -0.4 is 11.5 Å². The molecule has 1 aromatic rings. The number of aliphatic hydroxyl groups is 1. The number of halogens is 2. The lowest BCUT2D eigenvalue weighted by atomic mass is 9.82. The van der Waals surface area contributed by atoms with E-state index >= 15 is 0 Å². The molecule has 2 atom stereocenters. The molecule has 0 saturated carbocycles. The summed E-state index contributed by atoms with van der Waals surface area (Å²) in [6, 6.07) is 4.58. The van der Waals surface area contributed by atoms with Gasteiger partial charge in [0, 0.05) is 10.7 Å². The first-order chi connectivity index (χ1) is 7.23. The third-order valence-electron chi connectivity index (χ3n) is 2.64. The molecule has 0 amide bonds. The third-order valence-corrected chi connectivity index (χ3v) is 2.87. The molecule has 0 aliphatic carbocycles. The van der Waals surface area contributed by atoms with Crippen LogP contribution in [0.15, 0.2) is 18.2 Å². The molecule has 0 radical (unpaired) electrons. The van der Waals surface area contributed by atoms with E-state index < -0.39 is 12.1 Å². The Kier molecular flexibility index (Phi) is 5.75. The summed E-state index contributed by atoms with van der Waals surface area (Å²) < 4.78 is 0. The van der Waals surface area contributed by atoms with Crippen molar-refractivity contribution in [2.24, 2.45) is 11.1 Å². The molecule has 0 aromatic heterocycles. The molecule has 0 fully saturated rings. The Morgan fingerprint density at radius 2 is 1.82 bits per heavy atom. The van der Waals surface area contributed by atoms with E-state index in [-0.39, 0.29) is 17.8 Å². The van der Waals surface area contributed by atoms with Crippen molar-refractivity contribution in [3.63, 3.8) is 0 Å². The quantitative estimate of drug-likeness (QED) is 0.729. The fourth-order valence-electron chi connectivity index (χ4n) is 1.54. The molecule has 98 valence electrons. The second-order valence-corrected chi connectivity index (χ2v) is 5.55. The zero-order valence-corrected chi connectivity index (χ0v) is 11.8. The van der Waals surface area contributed by atoms with E-state index in [0.717, 1.165) is 0 Å². The maximum absolute atomic E-state index is 10.1. The maximum Gasteiger partial charge on any atom is 0.0781 e. The lowest BCUT2D eigenvalue weighted by molar-refractivity contribution is 0.0403. The zero-order chi connectivity index (χ0) is 12.5. The first-order valence-electron chi connectivity index (χ1n) is 5.22. The standard InChI is InChI=1S/C12H19ClN2O.ClH/c1-12(2,3)11(16)10(15)8-6-7(13)4-5-9(8)14;/h4-6,10-11,16H,14-15H2,1-3H3;1H/t10-,11-;/m1./s1. The van der Waals surface area contributed by atoms with Gasteiger partial charge in [-0.3, -0.25) is 0 Å². The topological polar surface area (TPSA) is 72.3 Å². The maximum atomic E-state index is 10.1. The zero-order valence-electron chi connectivity index (χ0n) is 10.3. The summed E-state index contributed by atoms with van der Waals surface area (Å²) in [5, 5.41) is 10.7. The van der Waals surface area contributed by atoms with Crippen molar-refractivity contribution in [3.05, 3.63) is 28.8 Å². The van der Waals surface area contributed by atoms with Crippen molar-refractivity contribution in [1.29, 1.82) is 0 Å². The summed E-state index contributed by atoms with van der Waals surface area (Å²) >= 11 is 5.89. The van der Waals surface area contributed by atoms with Crippen molar-refractivity contribution in [2.45, 2.75) is 32.9 Å². The fourth-order valence-corrected chi connectivity index (χ4v) is 1.72. The van der Waals surface area contributed by atoms with Crippen LogP contribution in [0.1, 0.15) is 32.4 Å². The Bertz CT molecular complexity index is 377. The minimum atomic E-state index is -0.673. The highest BCUT2D eigenvalue weighted by atomic mass is 35.5. The van der Waals surface area contributed by atoms with Gasteiger partial charge in [0.05, 0.1) is 12.1 Å². The van der Waals surface area contributed by atoms with Crippen molar-refractivity contribution in [1.82, 2.24) is 0 Å². The van der Waals surface area contributed by atoms with Crippen LogP contribution in [0.5, 0.6) is 0 Å². The van der Waals surface area contributed by atoms with Gasteiger partial charge in [0.25, 0.3) is 0 Å². The van der Waals surface area contributed by atoms with Crippen LogP contribution in [-0.4, -0.2) is 11.2 Å². The lowest BCUT2D eigenvalue weighted by Gasteiger charge is -2.31. The van der Waals surface area contributed by atoms with Gasteiger partial charge in [-0.2, -0.15) is 0 Å². The highest BCUT2D eigenvalue weighted by Gasteiger charge is 2.30. The van der Waals surface area contributed by atoms with Crippen molar-refractivity contribution in [2.75, 3.05) is 5.73 Å². The summed E-state index contributed by atoms with van der Waals surface area (Å²) in [6.07, 6.45) is -0.673. The molecule has 0 spiro atoms. The molecular formula is C12H20Cl2N2O. The molecule has 0 saturated heterocycles. The predicted molar refractivity (Wildman–Crippen MR) is 75.5 cm³/mol. The van der Waals surface area contributed by atoms with E-state index in [0.29, 0.717) is 16.3 Å². The van der Waals surface area contributed by atoms with Gasteiger partial charge >= 0.3 is 0 Å².